The summed E-state index contributed by atoms with van der Waals surface area (Å²) in [5.41, 5.74) is 0.774. The number of nitrogens with one attached hydrogen (secondary N) is 1. The van der Waals surface area contributed by atoms with Crippen molar-refractivity contribution < 1.29 is 14.0 Å². The summed E-state index contributed by atoms with van der Waals surface area (Å²) < 4.78 is 13.3. The van der Waals surface area contributed by atoms with Crippen molar-refractivity contribution in [2.75, 3.05) is 0 Å². The lowest BCUT2D eigenvalue weighted by atomic mass is 10.1. The smallest absolute Gasteiger partial charge is 0.242 e. The van der Waals surface area contributed by atoms with Crippen LogP contribution in [0, 0.1) is 5.82 Å². The molecule has 2 amide bonds. The molecule has 156 valence electrons. The van der Waals surface area contributed by atoms with E-state index in [0.717, 1.165) is 0 Å². The van der Waals surface area contributed by atoms with Gasteiger partial charge in [-0.05, 0) is 63.1 Å². The number of hydrogen-bond donors (Lipinski definition) is 1. The number of hydrogen-bond acceptors (Lipinski definition) is 2. The van der Waals surface area contributed by atoms with E-state index in [4.69, 9.17) is 23.2 Å². The standard InChI is InChI=1S/C22H25Cl2FN2O2/c1-14(21(29)26-22(2,3)4)27(13-15-8-10-16(25)11-9-15)20(28)12-17-18(23)6-5-7-19(17)24/h5-11,14H,12-13H2,1-4H3,(H,26,29). The molecule has 4 nitrogen and oxygen atoms in total. The molecule has 1 N–H and O–H groups in total. The minimum absolute atomic E-state index is 0.0488. The largest absolute Gasteiger partial charge is 0.350 e. The third-order valence-electron chi connectivity index (χ3n) is 4.32. The van der Waals surface area contributed by atoms with E-state index in [1.54, 1.807) is 37.3 Å². The fourth-order valence-electron chi connectivity index (χ4n) is 2.80. The molecular formula is C22H25Cl2FN2O2. The molecule has 2 rings (SSSR count). The first-order chi connectivity index (χ1) is 13.5. The maximum absolute atomic E-state index is 13.3. The van der Waals surface area contributed by atoms with Crippen molar-refractivity contribution in [1.82, 2.24) is 10.2 Å². The number of benzene rings is 2. The van der Waals surface area contributed by atoms with E-state index in [2.05, 4.69) is 5.32 Å². The number of nitrogens with zero attached hydrogens (tertiary/aromatic N) is 1. The number of carbonyl (C=O) groups is 2. The van der Waals surface area contributed by atoms with Crippen LogP contribution in [-0.2, 0) is 22.6 Å². The molecule has 0 aromatic heterocycles. The molecule has 0 saturated carbocycles. The zero-order valence-electron chi connectivity index (χ0n) is 16.9. The Bertz CT molecular complexity index is 859. The first-order valence-corrected chi connectivity index (χ1v) is 10.0. The molecule has 0 aliphatic carbocycles. The van der Waals surface area contributed by atoms with E-state index in [9.17, 15) is 14.0 Å². The molecule has 1 unspecified atom stereocenters. The van der Waals surface area contributed by atoms with Gasteiger partial charge in [-0.15, -0.1) is 0 Å². The van der Waals surface area contributed by atoms with Crippen LogP contribution in [0.1, 0.15) is 38.8 Å². The lowest BCUT2D eigenvalue weighted by molar-refractivity contribution is -0.140. The van der Waals surface area contributed by atoms with E-state index in [-0.39, 0.29) is 30.6 Å². The van der Waals surface area contributed by atoms with Gasteiger partial charge in [-0.1, -0.05) is 41.4 Å². The van der Waals surface area contributed by atoms with E-state index in [0.29, 0.717) is 21.2 Å². The summed E-state index contributed by atoms with van der Waals surface area (Å²) in [5, 5.41) is 3.67. The van der Waals surface area contributed by atoms with Crippen molar-refractivity contribution in [2.24, 2.45) is 0 Å². The predicted molar refractivity (Wildman–Crippen MR) is 114 cm³/mol. The third kappa shape index (κ3) is 6.72. The number of carbonyl (C=O) groups excluding carboxylic acids is 2. The zero-order valence-corrected chi connectivity index (χ0v) is 18.4. The molecule has 0 heterocycles. The molecular weight excluding hydrogens is 414 g/mol. The van der Waals surface area contributed by atoms with Crippen LogP contribution in [0.5, 0.6) is 0 Å². The highest BCUT2D eigenvalue weighted by molar-refractivity contribution is 6.36. The van der Waals surface area contributed by atoms with Gasteiger partial charge >= 0.3 is 0 Å². The quantitative estimate of drug-likeness (QED) is 0.688. The van der Waals surface area contributed by atoms with Gasteiger partial charge in [-0.25, -0.2) is 4.39 Å². The fraction of sp³-hybridized carbons (Fsp3) is 0.364. The summed E-state index contributed by atoms with van der Waals surface area (Å²) in [4.78, 5) is 27.3. The predicted octanol–water partition coefficient (Wildman–Crippen LogP) is 5.01. The zero-order chi connectivity index (χ0) is 21.8. The maximum atomic E-state index is 13.3. The monoisotopic (exact) mass is 438 g/mol. The summed E-state index contributed by atoms with van der Waals surface area (Å²) in [7, 11) is 0. The first kappa shape index (κ1) is 23.2. The Kier molecular flexibility index (Phi) is 7.66. The van der Waals surface area contributed by atoms with Gasteiger partial charge in [-0.2, -0.15) is 0 Å². The molecule has 2 aromatic carbocycles. The van der Waals surface area contributed by atoms with Gasteiger partial charge in [0.1, 0.15) is 11.9 Å². The molecule has 0 fully saturated rings. The van der Waals surface area contributed by atoms with E-state index < -0.39 is 11.6 Å². The van der Waals surface area contributed by atoms with Crippen LogP contribution in [0.25, 0.3) is 0 Å². The lowest BCUT2D eigenvalue weighted by Gasteiger charge is -2.31. The van der Waals surface area contributed by atoms with Crippen molar-refractivity contribution in [3.8, 4) is 0 Å². The van der Waals surface area contributed by atoms with Gasteiger partial charge < -0.3 is 10.2 Å². The summed E-state index contributed by atoms with van der Waals surface area (Å²) in [6.07, 6.45) is -0.0488. The van der Waals surface area contributed by atoms with Gasteiger partial charge in [0.05, 0.1) is 6.42 Å². The van der Waals surface area contributed by atoms with E-state index >= 15 is 0 Å². The van der Waals surface area contributed by atoms with Crippen LogP contribution < -0.4 is 5.32 Å². The molecule has 29 heavy (non-hydrogen) atoms. The topological polar surface area (TPSA) is 49.4 Å². The molecule has 0 bridgehead atoms. The minimum Gasteiger partial charge on any atom is -0.350 e. The Morgan fingerprint density at radius 2 is 1.62 bits per heavy atom. The van der Waals surface area contributed by atoms with Gasteiger partial charge in [0.15, 0.2) is 0 Å². The van der Waals surface area contributed by atoms with Gasteiger partial charge in [0.2, 0.25) is 11.8 Å². The van der Waals surface area contributed by atoms with Crippen LogP contribution in [-0.4, -0.2) is 28.3 Å². The highest BCUT2D eigenvalue weighted by Crippen LogP contribution is 2.26. The van der Waals surface area contributed by atoms with E-state index in [1.807, 2.05) is 20.8 Å². The normalized spacial score (nSPS) is 12.4. The number of amides is 2. The molecule has 0 aliphatic heterocycles. The van der Waals surface area contributed by atoms with Crippen LogP contribution in [0.4, 0.5) is 4.39 Å². The Labute approximate surface area is 181 Å². The number of halogens is 3. The molecule has 7 heteroatoms. The highest BCUT2D eigenvalue weighted by Gasteiger charge is 2.29. The summed E-state index contributed by atoms with van der Waals surface area (Å²) in [5.74, 6) is -0.952. The summed E-state index contributed by atoms with van der Waals surface area (Å²) >= 11 is 12.4. The molecule has 2 aromatic rings. The van der Waals surface area contributed by atoms with Crippen molar-refractivity contribution >= 4 is 35.0 Å². The van der Waals surface area contributed by atoms with E-state index in [1.165, 1.54) is 17.0 Å². The van der Waals surface area contributed by atoms with Crippen molar-refractivity contribution in [1.29, 1.82) is 0 Å². The second-order valence-corrected chi connectivity index (χ2v) is 8.75. The second kappa shape index (κ2) is 9.59. The Morgan fingerprint density at radius 1 is 1.07 bits per heavy atom. The van der Waals surface area contributed by atoms with Crippen LogP contribution in [0.3, 0.4) is 0 Å². The summed E-state index contributed by atoms with van der Waals surface area (Å²) in [6, 6.07) is 10.1. The van der Waals surface area contributed by atoms with Gasteiger partial charge in [-0.3, -0.25) is 9.59 Å². The molecule has 1 atom stereocenters. The molecule has 0 aliphatic rings. The number of rotatable bonds is 6. The first-order valence-electron chi connectivity index (χ1n) is 9.27. The average molecular weight is 439 g/mol. The third-order valence-corrected chi connectivity index (χ3v) is 5.03. The minimum atomic E-state index is -0.743. The van der Waals surface area contributed by atoms with Crippen LogP contribution in [0.2, 0.25) is 10.0 Å². The average Bonchev–Trinajstić information content (AvgIpc) is 2.62. The van der Waals surface area contributed by atoms with Crippen LogP contribution >= 0.6 is 23.2 Å². The van der Waals surface area contributed by atoms with Crippen molar-refractivity contribution in [3.63, 3.8) is 0 Å². The maximum Gasteiger partial charge on any atom is 0.242 e. The Hall–Kier alpha value is -2.11. The van der Waals surface area contributed by atoms with Crippen molar-refractivity contribution in [2.45, 2.75) is 52.2 Å². The Morgan fingerprint density at radius 3 is 2.14 bits per heavy atom. The molecule has 0 spiro atoms. The molecule has 0 saturated heterocycles. The fourth-order valence-corrected chi connectivity index (χ4v) is 3.33. The van der Waals surface area contributed by atoms with Crippen molar-refractivity contribution in [3.05, 3.63) is 69.5 Å². The second-order valence-electron chi connectivity index (χ2n) is 7.94. The van der Waals surface area contributed by atoms with Gasteiger partial charge in [0, 0.05) is 22.1 Å². The SMILES string of the molecule is CC(C(=O)NC(C)(C)C)N(Cc1ccc(F)cc1)C(=O)Cc1c(Cl)cccc1Cl. The van der Waals surface area contributed by atoms with Gasteiger partial charge in [0.25, 0.3) is 0 Å². The van der Waals surface area contributed by atoms with Crippen LogP contribution in [0.15, 0.2) is 42.5 Å². The molecule has 0 radical (unpaired) electrons. The Balaban J connectivity index is 2.30. The summed E-state index contributed by atoms with van der Waals surface area (Å²) in [6.45, 7) is 7.42. The lowest BCUT2D eigenvalue weighted by Crippen LogP contribution is -2.52. The highest BCUT2D eigenvalue weighted by atomic mass is 35.5.